The molecule has 1 aliphatic rings. The molecule has 1 unspecified atom stereocenters. The van der Waals surface area contributed by atoms with E-state index < -0.39 is 23.5 Å². The maximum absolute atomic E-state index is 13.8. The van der Waals surface area contributed by atoms with Gasteiger partial charge in [-0.15, -0.1) is 0 Å². The normalized spacial score (nSPS) is 15.4. The number of carbonyl (C=O) groups excluding carboxylic acids is 2. The second-order valence-electron chi connectivity index (χ2n) is 8.55. The number of furan rings is 1. The zero-order valence-corrected chi connectivity index (χ0v) is 22.2. The van der Waals surface area contributed by atoms with Gasteiger partial charge in [0, 0.05) is 15.5 Å². The summed E-state index contributed by atoms with van der Waals surface area (Å²) in [6, 6.07) is 17.2. The predicted molar refractivity (Wildman–Crippen MR) is 145 cm³/mol. The van der Waals surface area contributed by atoms with Crippen molar-refractivity contribution in [2.45, 2.75) is 19.9 Å². The number of nitrogens with zero attached hydrogens (tertiary/aromatic N) is 1. The van der Waals surface area contributed by atoms with Crippen LogP contribution >= 0.6 is 15.9 Å². The molecule has 0 aliphatic carbocycles. The molecular formula is C29H24BrNO7. The topological polar surface area (TPSA) is 109 Å². The van der Waals surface area contributed by atoms with Crippen molar-refractivity contribution < 1.29 is 33.7 Å². The van der Waals surface area contributed by atoms with Crippen molar-refractivity contribution in [3.8, 4) is 17.2 Å². The predicted octanol–water partition coefficient (Wildman–Crippen LogP) is 6.48. The van der Waals surface area contributed by atoms with E-state index in [0.717, 1.165) is 4.47 Å². The molecule has 0 bridgehead atoms. The van der Waals surface area contributed by atoms with Crippen LogP contribution in [0, 0.1) is 0 Å². The Morgan fingerprint density at radius 2 is 1.71 bits per heavy atom. The summed E-state index contributed by atoms with van der Waals surface area (Å²) in [6.45, 7) is 4.42. The van der Waals surface area contributed by atoms with E-state index in [4.69, 9.17) is 13.9 Å². The third-order valence-corrected chi connectivity index (χ3v) is 6.67. The number of aliphatic hydroxyl groups excluding tert-OH is 1. The minimum absolute atomic E-state index is 0.0187. The molecule has 0 fully saturated rings. The van der Waals surface area contributed by atoms with Crippen LogP contribution in [0.2, 0.25) is 0 Å². The van der Waals surface area contributed by atoms with Gasteiger partial charge < -0.3 is 24.1 Å². The first-order valence-electron chi connectivity index (χ1n) is 12.0. The highest BCUT2D eigenvalue weighted by molar-refractivity contribution is 9.10. The van der Waals surface area contributed by atoms with Gasteiger partial charge in [-0.2, -0.15) is 0 Å². The molecule has 2 N–H and O–H groups in total. The fraction of sp³-hybridized carbons (Fsp3) is 0.172. The summed E-state index contributed by atoms with van der Waals surface area (Å²) in [6.07, 6.45) is 0. The van der Waals surface area contributed by atoms with E-state index in [1.165, 1.54) is 11.0 Å². The quantitative estimate of drug-likeness (QED) is 0.230. The van der Waals surface area contributed by atoms with Crippen molar-refractivity contribution in [3.63, 3.8) is 0 Å². The van der Waals surface area contributed by atoms with Crippen LogP contribution in [0.5, 0.6) is 17.2 Å². The van der Waals surface area contributed by atoms with Gasteiger partial charge in [0.05, 0.1) is 24.8 Å². The van der Waals surface area contributed by atoms with Crippen molar-refractivity contribution in [2.75, 3.05) is 18.1 Å². The Balaban J connectivity index is 1.64. The number of phenolic OH excluding ortho intramolecular Hbond substituents is 1. The van der Waals surface area contributed by atoms with Crippen molar-refractivity contribution in [2.24, 2.45) is 0 Å². The molecule has 9 heteroatoms. The second-order valence-corrected chi connectivity index (χ2v) is 9.46. The molecule has 1 atom stereocenters. The Hall–Kier alpha value is -4.24. The number of amides is 1. The molecule has 8 nitrogen and oxygen atoms in total. The number of rotatable bonds is 8. The van der Waals surface area contributed by atoms with Gasteiger partial charge >= 0.3 is 0 Å². The maximum Gasteiger partial charge on any atom is 0.294 e. The fourth-order valence-electron chi connectivity index (χ4n) is 4.52. The molecule has 1 aliphatic heterocycles. The number of aliphatic hydroxyl groups is 1. The molecule has 0 spiro atoms. The number of phenols is 1. The Morgan fingerprint density at radius 1 is 0.974 bits per heavy atom. The van der Waals surface area contributed by atoms with Crippen molar-refractivity contribution in [1.82, 2.24) is 0 Å². The number of carbonyl (C=O) groups is 2. The smallest absolute Gasteiger partial charge is 0.294 e. The molecule has 0 radical (unpaired) electrons. The molecular weight excluding hydrogens is 554 g/mol. The highest BCUT2D eigenvalue weighted by Gasteiger charge is 2.45. The molecule has 194 valence electrons. The van der Waals surface area contributed by atoms with Crippen LogP contribution < -0.4 is 14.4 Å². The van der Waals surface area contributed by atoms with Gasteiger partial charge in [0.15, 0.2) is 23.0 Å². The van der Waals surface area contributed by atoms with E-state index in [-0.39, 0.29) is 22.8 Å². The Bertz CT molecular complexity index is 1570. The number of ketones is 1. The zero-order valence-electron chi connectivity index (χ0n) is 20.6. The van der Waals surface area contributed by atoms with Crippen LogP contribution in [0.15, 0.2) is 87.0 Å². The summed E-state index contributed by atoms with van der Waals surface area (Å²) in [5.74, 6) is -1.35. The number of hydrogen-bond acceptors (Lipinski definition) is 7. The van der Waals surface area contributed by atoms with Crippen LogP contribution in [0.3, 0.4) is 0 Å². The number of Topliss-reactive ketones (excluding diaryl/α,β-unsaturated/α-hetero) is 1. The Morgan fingerprint density at radius 3 is 2.42 bits per heavy atom. The highest BCUT2D eigenvalue weighted by Crippen LogP contribution is 2.44. The van der Waals surface area contributed by atoms with E-state index in [1.54, 1.807) is 61.5 Å². The van der Waals surface area contributed by atoms with Crippen LogP contribution in [0.4, 0.5) is 5.69 Å². The average molecular weight is 578 g/mol. The SMILES string of the molecule is CCOc1ccc(N2C(=O)C(O)=C(C(=O)c3cc4cc(Br)ccc4o3)C2c2ccc(O)c(OCC)c2)cc1. The first kappa shape index (κ1) is 25.4. The van der Waals surface area contributed by atoms with E-state index in [2.05, 4.69) is 15.9 Å². The van der Waals surface area contributed by atoms with Crippen LogP contribution in [0.25, 0.3) is 11.0 Å². The average Bonchev–Trinajstić information content (AvgIpc) is 3.44. The summed E-state index contributed by atoms with van der Waals surface area (Å²) in [7, 11) is 0. The number of aromatic hydroxyl groups is 1. The van der Waals surface area contributed by atoms with Crippen LogP contribution in [-0.2, 0) is 4.79 Å². The molecule has 2 heterocycles. The lowest BCUT2D eigenvalue weighted by molar-refractivity contribution is -0.117. The van der Waals surface area contributed by atoms with E-state index >= 15 is 0 Å². The van der Waals surface area contributed by atoms with Gasteiger partial charge in [0.2, 0.25) is 5.78 Å². The van der Waals surface area contributed by atoms with Crippen molar-refractivity contribution in [1.29, 1.82) is 0 Å². The van der Waals surface area contributed by atoms with Gasteiger partial charge in [-0.05, 0) is 80.1 Å². The molecule has 0 saturated carbocycles. The summed E-state index contributed by atoms with van der Waals surface area (Å²) in [5.41, 5.74) is 1.25. The molecule has 3 aromatic carbocycles. The zero-order chi connectivity index (χ0) is 27.0. The third-order valence-electron chi connectivity index (χ3n) is 6.18. The lowest BCUT2D eigenvalue weighted by atomic mass is 9.94. The Labute approximate surface area is 226 Å². The summed E-state index contributed by atoms with van der Waals surface area (Å²) >= 11 is 3.41. The molecule has 4 aromatic rings. The second kappa shape index (κ2) is 10.3. The Kier molecular flexibility index (Phi) is 6.86. The number of hydrogen-bond donors (Lipinski definition) is 2. The highest BCUT2D eigenvalue weighted by atomic mass is 79.9. The van der Waals surface area contributed by atoms with Crippen LogP contribution in [-0.4, -0.2) is 35.1 Å². The minimum Gasteiger partial charge on any atom is -0.504 e. The van der Waals surface area contributed by atoms with Gasteiger partial charge in [0.25, 0.3) is 5.91 Å². The molecule has 5 rings (SSSR count). The standard InChI is InChI=1S/C29H24BrNO7/c1-3-36-20-9-7-19(8-10-20)31-26(16-5-11-21(32)23(14-16)37-4-2)25(28(34)29(31)35)27(33)24-15-17-13-18(30)6-12-22(17)38-24/h5-15,26,32,34H,3-4H2,1-2H3. The first-order chi connectivity index (χ1) is 18.3. The fourth-order valence-corrected chi connectivity index (χ4v) is 4.90. The van der Waals surface area contributed by atoms with E-state index in [9.17, 15) is 19.8 Å². The van der Waals surface area contributed by atoms with Gasteiger partial charge in [-0.1, -0.05) is 22.0 Å². The number of halogens is 1. The number of benzene rings is 3. The summed E-state index contributed by atoms with van der Waals surface area (Å²) < 4.78 is 17.7. The number of fused-ring (bicyclic) bond motifs is 1. The monoisotopic (exact) mass is 577 g/mol. The van der Waals surface area contributed by atoms with Gasteiger partial charge in [0.1, 0.15) is 11.3 Å². The molecule has 38 heavy (non-hydrogen) atoms. The third kappa shape index (κ3) is 4.50. The summed E-state index contributed by atoms with van der Waals surface area (Å²) in [5, 5.41) is 22.0. The summed E-state index contributed by atoms with van der Waals surface area (Å²) in [4.78, 5) is 28.6. The molecule has 1 amide bonds. The molecule has 0 saturated heterocycles. The lowest BCUT2D eigenvalue weighted by Crippen LogP contribution is -2.31. The van der Waals surface area contributed by atoms with Gasteiger partial charge in [-0.25, -0.2) is 0 Å². The number of ether oxygens (including phenoxy) is 2. The van der Waals surface area contributed by atoms with E-state index in [0.29, 0.717) is 41.2 Å². The van der Waals surface area contributed by atoms with E-state index in [1.807, 2.05) is 13.0 Å². The molecule has 1 aromatic heterocycles. The van der Waals surface area contributed by atoms with Crippen LogP contribution in [0.1, 0.15) is 36.0 Å². The van der Waals surface area contributed by atoms with Crippen molar-refractivity contribution in [3.05, 3.63) is 93.9 Å². The maximum atomic E-state index is 13.8. The minimum atomic E-state index is -1.02. The largest absolute Gasteiger partial charge is 0.504 e. The van der Waals surface area contributed by atoms with Crippen molar-refractivity contribution >= 4 is 44.3 Å². The first-order valence-corrected chi connectivity index (χ1v) is 12.8. The van der Waals surface area contributed by atoms with Gasteiger partial charge in [-0.3, -0.25) is 14.5 Å². The number of anilines is 1. The lowest BCUT2D eigenvalue weighted by Gasteiger charge is -2.27.